The van der Waals surface area contributed by atoms with Crippen LogP contribution in [-0.2, 0) is 0 Å². The third-order valence-corrected chi connectivity index (χ3v) is 2.63. The molecule has 0 atom stereocenters. The van der Waals surface area contributed by atoms with Crippen molar-refractivity contribution in [1.29, 1.82) is 0 Å². The Balaban J connectivity index is 2.61. The van der Waals surface area contributed by atoms with Gasteiger partial charge >= 0.3 is 0 Å². The zero-order valence-electron chi connectivity index (χ0n) is 9.54. The lowest BCUT2D eigenvalue weighted by Gasteiger charge is -2.05. The number of nitrogen functional groups attached to an aromatic ring is 1. The van der Waals surface area contributed by atoms with E-state index in [2.05, 4.69) is 9.97 Å². The summed E-state index contributed by atoms with van der Waals surface area (Å²) in [7, 11) is 0. The van der Waals surface area contributed by atoms with E-state index in [0.29, 0.717) is 16.7 Å². The van der Waals surface area contributed by atoms with Gasteiger partial charge in [0.25, 0.3) is 5.56 Å². The van der Waals surface area contributed by atoms with Crippen molar-refractivity contribution >= 4 is 5.82 Å². The number of hydrogen-bond acceptors (Lipinski definition) is 3. The lowest BCUT2D eigenvalue weighted by Crippen LogP contribution is -2.15. The predicted octanol–water partition coefficient (Wildman–Crippen LogP) is 1.78. The SMILES string of the molecule is Cc1ccc(-c2nc(N)c(C)c(=O)[nH]2)cc1F. The second-order valence-corrected chi connectivity index (χ2v) is 3.89. The third-order valence-electron chi connectivity index (χ3n) is 2.63. The Morgan fingerprint density at radius 2 is 2.06 bits per heavy atom. The van der Waals surface area contributed by atoms with E-state index in [0.717, 1.165) is 0 Å². The topological polar surface area (TPSA) is 71.8 Å². The Kier molecular flexibility index (Phi) is 2.67. The van der Waals surface area contributed by atoms with E-state index in [1.165, 1.54) is 6.07 Å². The zero-order valence-corrected chi connectivity index (χ0v) is 9.54. The lowest BCUT2D eigenvalue weighted by atomic mass is 10.1. The molecule has 0 aliphatic heterocycles. The van der Waals surface area contributed by atoms with Crippen molar-refractivity contribution in [2.24, 2.45) is 0 Å². The molecule has 0 saturated heterocycles. The maximum atomic E-state index is 13.4. The number of aromatic amines is 1. The zero-order chi connectivity index (χ0) is 12.6. The summed E-state index contributed by atoms with van der Waals surface area (Å²) in [6.07, 6.45) is 0. The van der Waals surface area contributed by atoms with Crippen molar-refractivity contribution < 1.29 is 4.39 Å². The summed E-state index contributed by atoms with van der Waals surface area (Å²) in [4.78, 5) is 18.1. The first kappa shape index (κ1) is 11.3. The minimum atomic E-state index is -0.343. The Bertz CT molecular complexity index is 634. The van der Waals surface area contributed by atoms with E-state index < -0.39 is 0 Å². The average molecular weight is 233 g/mol. The number of H-pyrrole nitrogens is 1. The van der Waals surface area contributed by atoms with Crippen LogP contribution in [0.3, 0.4) is 0 Å². The van der Waals surface area contributed by atoms with Crippen molar-refractivity contribution in [2.75, 3.05) is 5.73 Å². The molecule has 0 amide bonds. The summed E-state index contributed by atoms with van der Waals surface area (Å²) < 4.78 is 13.4. The van der Waals surface area contributed by atoms with E-state index in [1.54, 1.807) is 26.0 Å². The van der Waals surface area contributed by atoms with Crippen LogP contribution in [0.4, 0.5) is 10.2 Å². The molecule has 0 aliphatic carbocycles. The Morgan fingerprint density at radius 1 is 1.35 bits per heavy atom. The summed E-state index contributed by atoms with van der Waals surface area (Å²) in [5.74, 6) is 0.0889. The van der Waals surface area contributed by atoms with Gasteiger partial charge < -0.3 is 10.7 Å². The highest BCUT2D eigenvalue weighted by atomic mass is 19.1. The molecule has 0 fully saturated rings. The molecule has 0 radical (unpaired) electrons. The largest absolute Gasteiger partial charge is 0.383 e. The lowest BCUT2D eigenvalue weighted by molar-refractivity contribution is 0.619. The Morgan fingerprint density at radius 3 is 2.65 bits per heavy atom. The second kappa shape index (κ2) is 4.01. The van der Waals surface area contributed by atoms with E-state index in [1.807, 2.05) is 0 Å². The number of rotatable bonds is 1. The van der Waals surface area contributed by atoms with Crippen LogP contribution < -0.4 is 11.3 Å². The molecule has 3 N–H and O–H groups in total. The fourth-order valence-corrected chi connectivity index (χ4v) is 1.43. The molecule has 1 aromatic heterocycles. The first-order valence-electron chi connectivity index (χ1n) is 5.12. The molecular formula is C12H12FN3O. The Labute approximate surface area is 97.3 Å². The standard InChI is InChI=1S/C12H12FN3O/c1-6-3-4-8(5-9(6)13)11-15-10(14)7(2)12(17)16-11/h3-5H,1-2H3,(H3,14,15,16,17). The highest BCUT2D eigenvalue weighted by Crippen LogP contribution is 2.18. The van der Waals surface area contributed by atoms with E-state index in [-0.39, 0.29) is 23.0 Å². The molecule has 5 heteroatoms. The van der Waals surface area contributed by atoms with Crippen LogP contribution in [0.2, 0.25) is 0 Å². The fraction of sp³-hybridized carbons (Fsp3) is 0.167. The number of nitrogens with zero attached hydrogens (tertiary/aromatic N) is 1. The predicted molar refractivity (Wildman–Crippen MR) is 64.1 cm³/mol. The van der Waals surface area contributed by atoms with Crippen molar-refractivity contribution in [3.63, 3.8) is 0 Å². The van der Waals surface area contributed by atoms with Crippen molar-refractivity contribution in [1.82, 2.24) is 9.97 Å². The van der Waals surface area contributed by atoms with E-state index in [9.17, 15) is 9.18 Å². The van der Waals surface area contributed by atoms with Gasteiger partial charge in [0.15, 0.2) is 0 Å². The van der Waals surface area contributed by atoms with Crippen molar-refractivity contribution in [3.05, 3.63) is 45.5 Å². The quantitative estimate of drug-likeness (QED) is 0.788. The fourth-order valence-electron chi connectivity index (χ4n) is 1.43. The van der Waals surface area contributed by atoms with Gasteiger partial charge in [-0.3, -0.25) is 4.79 Å². The summed E-state index contributed by atoms with van der Waals surface area (Å²) in [5, 5.41) is 0. The van der Waals surface area contributed by atoms with Gasteiger partial charge in [-0.05, 0) is 25.5 Å². The first-order valence-corrected chi connectivity index (χ1v) is 5.12. The Hall–Kier alpha value is -2.17. The molecule has 2 rings (SSSR count). The normalized spacial score (nSPS) is 10.5. The van der Waals surface area contributed by atoms with Crippen LogP contribution in [0, 0.1) is 19.7 Å². The number of nitrogens with one attached hydrogen (secondary N) is 1. The van der Waals surface area contributed by atoms with Gasteiger partial charge in [0.05, 0.1) is 5.56 Å². The van der Waals surface area contributed by atoms with Crippen LogP contribution in [0.15, 0.2) is 23.0 Å². The van der Waals surface area contributed by atoms with Crippen molar-refractivity contribution in [2.45, 2.75) is 13.8 Å². The summed E-state index contributed by atoms with van der Waals surface area (Å²) in [6, 6.07) is 4.63. The second-order valence-electron chi connectivity index (χ2n) is 3.89. The molecule has 4 nitrogen and oxygen atoms in total. The summed E-state index contributed by atoms with van der Waals surface area (Å²) in [6.45, 7) is 3.25. The molecule has 0 bridgehead atoms. The van der Waals surface area contributed by atoms with E-state index in [4.69, 9.17) is 5.73 Å². The maximum absolute atomic E-state index is 13.4. The summed E-state index contributed by atoms with van der Waals surface area (Å²) in [5.41, 5.74) is 6.69. The molecule has 0 saturated carbocycles. The van der Waals surface area contributed by atoms with Crippen LogP contribution in [0.1, 0.15) is 11.1 Å². The van der Waals surface area contributed by atoms with Gasteiger partial charge in [-0.15, -0.1) is 0 Å². The highest BCUT2D eigenvalue weighted by molar-refractivity contribution is 5.58. The van der Waals surface area contributed by atoms with Crippen LogP contribution in [0.25, 0.3) is 11.4 Å². The third kappa shape index (κ3) is 2.04. The van der Waals surface area contributed by atoms with Crippen LogP contribution in [-0.4, -0.2) is 9.97 Å². The number of halogens is 1. The molecule has 2 aromatic rings. The van der Waals surface area contributed by atoms with Gasteiger partial charge in [-0.25, -0.2) is 9.37 Å². The number of anilines is 1. The van der Waals surface area contributed by atoms with E-state index >= 15 is 0 Å². The molecular weight excluding hydrogens is 221 g/mol. The number of hydrogen-bond donors (Lipinski definition) is 2. The molecule has 0 spiro atoms. The molecule has 88 valence electrons. The van der Waals surface area contributed by atoms with Gasteiger partial charge in [0, 0.05) is 5.56 Å². The average Bonchev–Trinajstić information content (AvgIpc) is 2.29. The minimum Gasteiger partial charge on any atom is -0.383 e. The minimum absolute atomic E-state index is 0.157. The number of aryl methyl sites for hydroxylation is 1. The first-order chi connectivity index (χ1) is 7.99. The maximum Gasteiger partial charge on any atom is 0.256 e. The number of benzene rings is 1. The van der Waals surface area contributed by atoms with Gasteiger partial charge in [0.2, 0.25) is 0 Å². The van der Waals surface area contributed by atoms with Gasteiger partial charge in [-0.2, -0.15) is 0 Å². The molecule has 17 heavy (non-hydrogen) atoms. The van der Waals surface area contributed by atoms with Crippen LogP contribution >= 0.6 is 0 Å². The molecule has 1 heterocycles. The molecule has 0 unspecified atom stereocenters. The van der Waals surface area contributed by atoms with Crippen LogP contribution in [0.5, 0.6) is 0 Å². The summed E-state index contributed by atoms with van der Waals surface area (Å²) >= 11 is 0. The molecule has 0 aliphatic rings. The van der Waals surface area contributed by atoms with Gasteiger partial charge in [0.1, 0.15) is 17.5 Å². The number of aromatic nitrogens is 2. The smallest absolute Gasteiger partial charge is 0.256 e. The number of nitrogens with two attached hydrogens (primary N) is 1. The van der Waals surface area contributed by atoms with Gasteiger partial charge in [-0.1, -0.05) is 12.1 Å². The molecule has 1 aromatic carbocycles. The van der Waals surface area contributed by atoms with Crippen molar-refractivity contribution in [3.8, 4) is 11.4 Å². The highest BCUT2D eigenvalue weighted by Gasteiger charge is 2.08. The monoisotopic (exact) mass is 233 g/mol.